The van der Waals surface area contributed by atoms with Gasteiger partial charge in [-0.25, -0.2) is 0 Å². The number of thioether (sulfide) groups is 1. The first-order valence-corrected chi connectivity index (χ1v) is 12.6. The Kier molecular flexibility index (Phi) is 8.98. The van der Waals surface area contributed by atoms with E-state index >= 15 is 0 Å². The molecule has 0 aromatic heterocycles. The van der Waals surface area contributed by atoms with Crippen LogP contribution in [0.4, 0.5) is 10.5 Å². The van der Waals surface area contributed by atoms with E-state index in [2.05, 4.69) is 19.2 Å². The molecule has 1 aliphatic rings. The zero-order valence-corrected chi connectivity index (χ0v) is 21.6. The summed E-state index contributed by atoms with van der Waals surface area (Å²) in [6.07, 6.45) is 2.52. The predicted molar refractivity (Wildman–Crippen MR) is 140 cm³/mol. The highest BCUT2D eigenvalue weighted by Gasteiger charge is 2.36. The highest BCUT2D eigenvalue weighted by atomic mass is 32.2. The van der Waals surface area contributed by atoms with E-state index < -0.39 is 17.1 Å². The molecular formula is C27H32N2O5S. The van der Waals surface area contributed by atoms with E-state index in [0.29, 0.717) is 35.3 Å². The molecule has 1 heterocycles. The maximum atomic E-state index is 12.9. The second-order valence-corrected chi connectivity index (χ2v) is 9.56. The predicted octanol–water partition coefficient (Wildman–Crippen LogP) is 6.06. The third kappa shape index (κ3) is 6.88. The Morgan fingerprint density at radius 1 is 1.06 bits per heavy atom. The molecule has 3 rings (SSSR count). The largest absolute Gasteiger partial charge is 0.490 e. The molecule has 8 heteroatoms. The number of benzene rings is 2. The Balaban J connectivity index is 1.70. The summed E-state index contributed by atoms with van der Waals surface area (Å²) in [7, 11) is 0. The van der Waals surface area contributed by atoms with E-state index in [1.165, 1.54) is 0 Å². The summed E-state index contributed by atoms with van der Waals surface area (Å²) in [4.78, 5) is 39.0. The number of amides is 3. The van der Waals surface area contributed by atoms with Gasteiger partial charge in [0.1, 0.15) is 6.54 Å². The van der Waals surface area contributed by atoms with Gasteiger partial charge in [0.2, 0.25) is 5.91 Å². The molecule has 2 aromatic rings. The van der Waals surface area contributed by atoms with E-state index in [1.807, 2.05) is 51.1 Å². The molecular weight excluding hydrogens is 464 g/mol. The van der Waals surface area contributed by atoms with Gasteiger partial charge >= 0.3 is 0 Å². The summed E-state index contributed by atoms with van der Waals surface area (Å²) in [6.45, 7) is 10.2. The normalized spacial score (nSPS) is 15.6. The highest BCUT2D eigenvalue weighted by Crippen LogP contribution is 2.35. The summed E-state index contributed by atoms with van der Waals surface area (Å²) in [5.74, 6) is 0.655. The van der Waals surface area contributed by atoms with Crippen molar-refractivity contribution in [2.45, 2.75) is 53.1 Å². The van der Waals surface area contributed by atoms with Crippen LogP contribution in [-0.2, 0) is 9.59 Å². The molecule has 0 saturated carbocycles. The summed E-state index contributed by atoms with van der Waals surface area (Å²) >= 11 is 0.814. The third-order valence-corrected chi connectivity index (χ3v) is 6.41. The quantitative estimate of drug-likeness (QED) is 0.403. The minimum atomic E-state index is -0.497. The first kappa shape index (κ1) is 26.3. The molecule has 1 aliphatic heterocycles. The lowest BCUT2D eigenvalue weighted by molar-refractivity contribution is -0.127. The number of nitrogens with one attached hydrogen (secondary N) is 1. The highest BCUT2D eigenvalue weighted by molar-refractivity contribution is 8.18. The maximum absolute atomic E-state index is 12.9. The first-order chi connectivity index (χ1) is 16.7. The van der Waals surface area contributed by atoms with Crippen molar-refractivity contribution in [3.05, 3.63) is 58.5 Å². The average molecular weight is 497 g/mol. The minimum absolute atomic E-state index is 0.0378. The fourth-order valence-electron chi connectivity index (χ4n) is 3.36. The van der Waals surface area contributed by atoms with Crippen molar-refractivity contribution in [2.24, 2.45) is 0 Å². The van der Waals surface area contributed by atoms with Gasteiger partial charge in [0, 0.05) is 5.69 Å². The molecule has 0 unspecified atom stereocenters. The molecule has 0 aliphatic carbocycles. The number of carbonyl (C=O) groups is 3. The Hall–Kier alpha value is -3.26. The summed E-state index contributed by atoms with van der Waals surface area (Å²) in [6, 6.07) is 12.9. The number of carbonyl (C=O) groups excluding carboxylic acids is 3. The van der Waals surface area contributed by atoms with Gasteiger partial charge in [0.25, 0.3) is 11.1 Å². The van der Waals surface area contributed by atoms with Crippen LogP contribution in [-0.4, -0.2) is 41.2 Å². The molecule has 0 radical (unpaired) electrons. The Morgan fingerprint density at radius 2 is 1.77 bits per heavy atom. The molecule has 35 heavy (non-hydrogen) atoms. The molecule has 1 atom stereocenters. The average Bonchev–Trinajstić information content (AvgIpc) is 3.08. The molecule has 1 saturated heterocycles. The molecule has 3 amide bonds. The van der Waals surface area contributed by atoms with E-state index in [9.17, 15) is 14.4 Å². The van der Waals surface area contributed by atoms with Crippen molar-refractivity contribution in [3.8, 4) is 11.5 Å². The molecule has 0 bridgehead atoms. The lowest BCUT2D eigenvalue weighted by atomic mass is 10.0. The van der Waals surface area contributed by atoms with Crippen LogP contribution in [0.1, 0.15) is 58.1 Å². The van der Waals surface area contributed by atoms with E-state index in [1.54, 1.807) is 18.2 Å². The second kappa shape index (κ2) is 11.9. The van der Waals surface area contributed by atoms with Gasteiger partial charge in [-0.1, -0.05) is 39.0 Å². The number of nitrogens with zero attached hydrogens (tertiary/aromatic N) is 1. The van der Waals surface area contributed by atoms with Crippen LogP contribution in [0.5, 0.6) is 11.5 Å². The maximum Gasteiger partial charge on any atom is 0.294 e. The Labute approximate surface area is 210 Å². The Bertz CT molecular complexity index is 1110. The van der Waals surface area contributed by atoms with Gasteiger partial charge < -0.3 is 14.8 Å². The number of hydrogen-bond donors (Lipinski definition) is 1. The second-order valence-electron chi connectivity index (χ2n) is 8.57. The smallest absolute Gasteiger partial charge is 0.294 e. The van der Waals surface area contributed by atoms with Crippen LogP contribution < -0.4 is 14.8 Å². The van der Waals surface area contributed by atoms with Gasteiger partial charge in [0.15, 0.2) is 11.5 Å². The van der Waals surface area contributed by atoms with Gasteiger partial charge in [-0.3, -0.25) is 19.3 Å². The lowest BCUT2D eigenvalue weighted by Crippen LogP contribution is -2.36. The van der Waals surface area contributed by atoms with Crippen LogP contribution in [0, 0.1) is 0 Å². The van der Waals surface area contributed by atoms with Gasteiger partial charge in [-0.2, -0.15) is 0 Å². The van der Waals surface area contributed by atoms with Crippen LogP contribution in [0.2, 0.25) is 0 Å². The van der Waals surface area contributed by atoms with Gasteiger partial charge in [-0.05, 0) is 79.4 Å². The minimum Gasteiger partial charge on any atom is -0.490 e. The topological polar surface area (TPSA) is 84.9 Å². The van der Waals surface area contributed by atoms with Crippen LogP contribution in [0.25, 0.3) is 6.08 Å². The van der Waals surface area contributed by atoms with Crippen molar-refractivity contribution >= 4 is 40.6 Å². The Morgan fingerprint density at radius 3 is 2.40 bits per heavy atom. The molecule has 1 N–H and O–H groups in total. The summed E-state index contributed by atoms with van der Waals surface area (Å²) < 4.78 is 11.6. The van der Waals surface area contributed by atoms with Crippen molar-refractivity contribution in [1.82, 2.24) is 4.90 Å². The standard InChI is InChI=1S/C27H32N2O5S/c1-6-18(5)34-22-13-8-19(14-23(22)33-7-2)15-24-26(31)29(27(32)35-24)16-25(30)28-21-11-9-20(10-12-21)17(3)4/h8-15,17-18H,6-7,16H2,1-5H3,(H,28,30)/b24-15+/t18-/m0/s1. The van der Waals surface area contributed by atoms with E-state index in [-0.39, 0.29) is 17.6 Å². The number of anilines is 1. The van der Waals surface area contributed by atoms with Crippen molar-refractivity contribution in [2.75, 3.05) is 18.5 Å². The fraction of sp³-hybridized carbons (Fsp3) is 0.370. The SMILES string of the molecule is CCOc1cc(/C=C2/SC(=O)N(CC(=O)Nc3ccc(C(C)C)cc3)C2=O)ccc1O[C@@H](C)CC. The molecule has 0 spiro atoms. The van der Waals surface area contributed by atoms with E-state index in [4.69, 9.17) is 9.47 Å². The van der Waals surface area contributed by atoms with Gasteiger partial charge in [-0.15, -0.1) is 0 Å². The zero-order valence-electron chi connectivity index (χ0n) is 20.8. The number of hydrogen-bond acceptors (Lipinski definition) is 6. The third-order valence-electron chi connectivity index (χ3n) is 5.50. The lowest BCUT2D eigenvalue weighted by Gasteiger charge is -2.16. The van der Waals surface area contributed by atoms with Gasteiger partial charge in [0.05, 0.1) is 17.6 Å². The van der Waals surface area contributed by atoms with Crippen LogP contribution in [0.15, 0.2) is 47.4 Å². The van der Waals surface area contributed by atoms with Crippen LogP contribution in [0.3, 0.4) is 0 Å². The van der Waals surface area contributed by atoms with Crippen molar-refractivity contribution in [1.29, 1.82) is 0 Å². The van der Waals surface area contributed by atoms with Crippen molar-refractivity contribution in [3.63, 3.8) is 0 Å². The number of ether oxygens (including phenoxy) is 2. The zero-order chi connectivity index (χ0) is 25.5. The van der Waals surface area contributed by atoms with Crippen LogP contribution >= 0.6 is 11.8 Å². The summed E-state index contributed by atoms with van der Waals surface area (Å²) in [5.41, 5.74) is 2.47. The first-order valence-electron chi connectivity index (χ1n) is 11.8. The van der Waals surface area contributed by atoms with E-state index in [0.717, 1.165) is 28.6 Å². The molecule has 186 valence electrons. The number of rotatable bonds is 10. The molecule has 7 nitrogen and oxygen atoms in total. The van der Waals surface area contributed by atoms with Crippen molar-refractivity contribution < 1.29 is 23.9 Å². The monoisotopic (exact) mass is 496 g/mol. The summed E-state index contributed by atoms with van der Waals surface area (Å²) in [5, 5.41) is 2.27. The fourth-order valence-corrected chi connectivity index (χ4v) is 4.20. The molecule has 2 aromatic carbocycles. The molecule has 1 fully saturated rings. The number of imide groups is 1.